The van der Waals surface area contributed by atoms with Gasteiger partial charge in [0, 0.05) is 5.39 Å². The van der Waals surface area contributed by atoms with Crippen LogP contribution in [0.25, 0.3) is 37.7 Å². The summed E-state index contributed by atoms with van der Waals surface area (Å²) in [6.07, 6.45) is -1.09. The third-order valence-corrected chi connectivity index (χ3v) is 6.60. The lowest BCUT2D eigenvalue weighted by atomic mass is 10.1. The fourth-order valence-corrected chi connectivity index (χ4v) is 5.04. The van der Waals surface area contributed by atoms with Gasteiger partial charge in [0.1, 0.15) is 45.4 Å². The normalized spacial score (nSPS) is 11.8. The summed E-state index contributed by atoms with van der Waals surface area (Å²) < 4.78 is 45.5. The molecule has 6 rings (SSSR count). The van der Waals surface area contributed by atoms with E-state index in [0.29, 0.717) is 44.7 Å². The number of hydrogen-bond donors (Lipinski definition) is 0. The highest BCUT2D eigenvalue weighted by atomic mass is 32.1. The van der Waals surface area contributed by atoms with Crippen molar-refractivity contribution in [3.63, 3.8) is 0 Å². The van der Waals surface area contributed by atoms with Crippen LogP contribution in [0.4, 0.5) is 8.78 Å². The molecule has 0 saturated heterocycles. The van der Waals surface area contributed by atoms with Crippen LogP contribution in [0.5, 0.6) is 11.5 Å². The zero-order chi connectivity index (χ0) is 24.1. The van der Waals surface area contributed by atoms with Gasteiger partial charge in [0.2, 0.25) is 5.82 Å². The molecule has 35 heavy (non-hydrogen) atoms. The van der Waals surface area contributed by atoms with Crippen molar-refractivity contribution in [2.24, 2.45) is 0 Å². The zero-order valence-electron chi connectivity index (χ0n) is 18.5. The molecule has 5 heterocycles. The number of ether oxygens (including phenoxy) is 2. The number of rotatable bonds is 6. The first kappa shape index (κ1) is 21.4. The van der Waals surface area contributed by atoms with Crippen molar-refractivity contribution in [2.75, 3.05) is 7.11 Å². The van der Waals surface area contributed by atoms with Crippen molar-refractivity contribution in [1.82, 2.24) is 24.6 Å². The van der Waals surface area contributed by atoms with E-state index >= 15 is 0 Å². The van der Waals surface area contributed by atoms with Crippen LogP contribution in [0.15, 0.2) is 53.2 Å². The van der Waals surface area contributed by atoms with Gasteiger partial charge in [0.25, 0.3) is 6.43 Å². The number of pyridine rings is 1. The minimum absolute atomic E-state index is 0.235. The number of fused-ring (bicyclic) bond motifs is 5. The average Bonchev–Trinajstić information content (AvgIpc) is 3.58. The first-order valence-electron chi connectivity index (χ1n) is 10.6. The second-order valence-corrected chi connectivity index (χ2v) is 8.80. The number of hydrogen-bond acceptors (Lipinski definition) is 8. The molecule has 6 aromatic rings. The van der Waals surface area contributed by atoms with Gasteiger partial charge in [0.05, 0.1) is 12.6 Å². The minimum Gasteiger partial charge on any atom is -0.497 e. The smallest absolute Gasteiger partial charge is 0.280 e. The van der Waals surface area contributed by atoms with Gasteiger partial charge in [0.15, 0.2) is 11.4 Å². The number of furan rings is 1. The maximum Gasteiger partial charge on any atom is 0.280 e. The van der Waals surface area contributed by atoms with Crippen molar-refractivity contribution < 1.29 is 22.7 Å². The SMILES string of the molecule is COc1ccc(OCc2ccc(-c3nc4c5sc6nc(C(F)F)cc(C)c6c5ncn4n3)o2)cc1. The average molecular weight is 493 g/mol. The molecule has 0 spiro atoms. The number of alkyl halides is 2. The largest absolute Gasteiger partial charge is 0.497 e. The van der Waals surface area contributed by atoms with E-state index in [-0.39, 0.29) is 12.3 Å². The van der Waals surface area contributed by atoms with Crippen molar-refractivity contribution in [2.45, 2.75) is 20.0 Å². The molecular formula is C24H17F2N5O3S. The third-order valence-electron chi connectivity index (χ3n) is 5.53. The standard InChI is InChI=1S/C24H17F2N5O3S/c1-12-9-16(21(25)26)28-24-18(12)19-20(35-24)23-29-22(30-31(23)11-27-19)17-8-7-15(34-17)10-33-14-5-3-13(32-2)4-6-14/h3-9,11,21H,10H2,1-2H3. The lowest BCUT2D eigenvalue weighted by Gasteiger charge is -2.05. The first-order valence-corrected chi connectivity index (χ1v) is 11.4. The van der Waals surface area contributed by atoms with E-state index < -0.39 is 6.43 Å². The quantitative estimate of drug-likeness (QED) is 0.282. The molecule has 176 valence electrons. The van der Waals surface area contributed by atoms with Crippen molar-refractivity contribution in [1.29, 1.82) is 0 Å². The summed E-state index contributed by atoms with van der Waals surface area (Å²) in [4.78, 5) is 13.8. The molecule has 0 fully saturated rings. The van der Waals surface area contributed by atoms with Gasteiger partial charge in [-0.25, -0.2) is 28.2 Å². The molecule has 8 nitrogen and oxygen atoms in total. The molecule has 0 amide bonds. The van der Waals surface area contributed by atoms with Gasteiger partial charge in [-0.1, -0.05) is 0 Å². The lowest BCUT2D eigenvalue weighted by Crippen LogP contribution is -1.93. The molecule has 0 bridgehead atoms. The van der Waals surface area contributed by atoms with Gasteiger partial charge in [-0.15, -0.1) is 16.4 Å². The third kappa shape index (κ3) is 3.73. The molecule has 0 radical (unpaired) electrons. The summed E-state index contributed by atoms with van der Waals surface area (Å²) in [6.45, 7) is 2.01. The first-order chi connectivity index (χ1) is 17.0. The van der Waals surface area contributed by atoms with Crippen LogP contribution in [0.2, 0.25) is 0 Å². The Morgan fingerprint density at radius 1 is 1.09 bits per heavy atom. The number of methoxy groups -OCH3 is 1. The molecule has 11 heteroatoms. The van der Waals surface area contributed by atoms with Crippen LogP contribution in [-0.4, -0.2) is 31.7 Å². The molecule has 0 aliphatic rings. The minimum atomic E-state index is -2.64. The second-order valence-electron chi connectivity index (χ2n) is 7.80. The lowest BCUT2D eigenvalue weighted by molar-refractivity contribution is 0.146. The number of nitrogens with zero attached hydrogens (tertiary/aromatic N) is 5. The van der Waals surface area contributed by atoms with E-state index in [4.69, 9.17) is 13.9 Å². The Hall–Kier alpha value is -4.12. The van der Waals surface area contributed by atoms with Crippen LogP contribution in [0.3, 0.4) is 0 Å². The zero-order valence-corrected chi connectivity index (χ0v) is 19.3. The number of aromatic nitrogens is 5. The summed E-state index contributed by atoms with van der Waals surface area (Å²) in [6, 6.07) is 12.2. The van der Waals surface area contributed by atoms with Gasteiger partial charge in [-0.2, -0.15) is 0 Å². The molecule has 0 N–H and O–H groups in total. The summed E-state index contributed by atoms with van der Waals surface area (Å²) >= 11 is 1.27. The molecule has 0 aliphatic carbocycles. The Bertz CT molecular complexity index is 1690. The predicted molar refractivity (Wildman–Crippen MR) is 126 cm³/mol. The fraction of sp³-hybridized carbons (Fsp3) is 0.167. The van der Waals surface area contributed by atoms with Gasteiger partial charge in [-0.05, 0) is 55.0 Å². The van der Waals surface area contributed by atoms with Crippen molar-refractivity contribution >= 4 is 37.4 Å². The number of benzene rings is 1. The van der Waals surface area contributed by atoms with Gasteiger partial charge < -0.3 is 13.9 Å². The van der Waals surface area contributed by atoms with Crippen LogP contribution < -0.4 is 9.47 Å². The highest BCUT2D eigenvalue weighted by Crippen LogP contribution is 2.37. The maximum atomic E-state index is 13.2. The highest BCUT2D eigenvalue weighted by Gasteiger charge is 2.20. The van der Waals surface area contributed by atoms with E-state index in [9.17, 15) is 8.78 Å². The number of halogens is 2. The summed E-state index contributed by atoms with van der Waals surface area (Å²) in [5.74, 6) is 2.90. The summed E-state index contributed by atoms with van der Waals surface area (Å²) in [5.41, 5.74) is 1.66. The monoisotopic (exact) mass is 493 g/mol. The Morgan fingerprint density at radius 2 is 1.89 bits per heavy atom. The summed E-state index contributed by atoms with van der Waals surface area (Å²) in [5, 5.41) is 5.23. The highest BCUT2D eigenvalue weighted by molar-refractivity contribution is 7.26. The molecule has 5 aromatic heterocycles. The predicted octanol–water partition coefficient (Wildman–Crippen LogP) is 5.98. The summed E-state index contributed by atoms with van der Waals surface area (Å²) in [7, 11) is 1.61. The van der Waals surface area contributed by atoms with E-state index in [1.54, 1.807) is 37.0 Å². The molecule has 0 aliphatic heterocycles. The Morgan fingerprint density at radius 3 is 2.66 bits per heavy atom. The van der Waals surface area contributed by atoms with Crippen LogP contribution >= 0.6 is 11.3 Å². The van der Waals surface area contributed by atoms with E-state index in [0.717, 1.165) is 15.8 Å². The Balaban J connectivity index is 1.32. The van der Waals surface area contributed by atoms with Crippen LogP contribution in [0.1, 0.15) is 23.4 Å². The molecular weight excluding hydrogens is 476 g/mol. The molecule has 1 aromatic carbocycles. The molecule has 0 atom stereocenters. The second kappa shape index (κ2) is 8.27. The maximum absolute atomic E-state index is 13.2. The topological polar surface area (TPSA) is 87.6 Å². The van der Waals surface area contributed by atoms with Crippen LogP contribution in [-0.2, 0) is 6.61 Å². The molecule has 0 saturated carbocycles. The Labute approximate surface area is 200 Å². The van der Waals surface area contributed by atoms with E-state index in [1.165, 1.54) is 17.4 Å². The van der Waals surface area contributed by atoms with Gasteiger partial charge in [-0.3, -0.25) is 0 Å². The Kier molecular flexibility index (Phi) is 5.06. The van der Waals surface area contributed by atoms with E-state index in [2.05, 4.69) is 20.1 Å². The molecule has 0 unspecified atom stereocenters. The van der Waals surface area contributed by atoms with Crippen LogP contribution in [0, 0.1) is 6.92 Å². The fourth-order valence-electron chi connectivity index (χ4n) is 3.85. The van der Waals surface area contributed by atoms with Crippen molar-refractivity contribution in [3.05, 3.63) is 65.8 Å². The van der Waals surface area contributed by atoms with Gasteiger partial charge >= 0.3 is 0 Å². The number of aryl methyl sites for hydroxylation is 1. The van der Waals surface area contributed by atoms with Crippen molar-refractivity contribution in [3.8, 4) is 23.1 Å². The van der Waals surface area contributed by atoms with E-state index in [1.807, 2.05) is 24.3 Å². The number of thiophene rings is 1.